The molecule has 27 heavy (non-hydrogen) atoms. The molecule has 1 atom stereocenters. The van der Waals surface area contributed by atoms with Gasteiger partial charge in [0, 0.05) is 32.4 Å². The number of nitrogens with one attached hydrogen (secondary N) is 2. The summed E-state index contributed by atoms with van der Waals surface area (Å²) in [6.07, 6.45) is 5.74. The lowest BCUT2D eigenvalue weighted by Gasteiger charge is -2.15. The minimum absolute atomic E-state index is 0. The summed E-state index contributed by atoms with van der Waals surface area (Å²) in [6, 6.07) is 6.15. The molecule has 8 heteroatoms. The number of halogens is 2. The standard InChI is InChI=1S/C19H28FN5O.HI/c1-4-21-19(22-10-6-7-16-13-24-25(3)14-16)23-12-15(2)26-18-9-5-8-17(20)11-18;/h5,8-9,11,13-15H,4,6-7,10,12H2,1-3H3,(H2,21,22,23);1H. The van der Waals surface area contributed by atoms with E-state index in [0.29, 0.717) is 12.3 Å². The van der Waals surface area contributed by atoms with Crippen LogP contribution in [0.15, 0.2) is 41.7 Å². The van der Waals surface area contributed by atoms with E-state index in [-0.39, 0.29) is 35.9 Å². The molecule has 0 aliphatic carbocycles. The summed E-state index contributed by atoms with van der Waals surface area (Å²) in [5.41, 5.74) is 1.23. The van der Waals surface area contributed by atoms with Gasteiger partial charge in [-0.2, -0.15) is 5.10 Å². The predicted octanol–water partition coefficient (Wildman–Crippen LogP) is 3.13. The van der Waals surface area contributed by atoms with Crippen molar-refractivity contribution in [3.8, 4) is 5.75 Å². The molecule has 0 amide bonds. The molecular weight excluding hydrogens is 460 g/mol. The van der Waals surface area contributed by atoms with Gasteiger partial charge in [0.2, 0.25) is 0 Å². The first-order chi connectivity index (χ1) is 12.6. The van der Waals surface area contributed by atoms with Crippen molar-refractivity contribution < 1.29 is 9.13 Å². The van der Waals surface area contributed by atoms with Gasteiger partial charge in [-0.05, 0) is 44.4 Å². The quantitative estimate of drug-likeness (QED) is 0.246. The number of hydrogen-bond donors (Lipinski definition) is 2. The molecule has 0 radical (unpaired) electrons. The van der Waals surface area contributed by atoms with Crippen LogP contribution in [0.25, 0.3) is 0 Å². The van der Waals surface area contributed by atoms with Crippen molar-refractivity contribution in [2.75, 3.05) is 19.6 Å². The van der Waals surface area contributed by atoms with E-state index in [1.807, 2.05) is 38.0 Å². The van der Waals surface area contributed by atoms with Crippen LogP contribution in [-0.4, -0.2) is 41.5 Å². The molecular formula is C19H29FIN5O. The lowest BCUT2D eigenvalue weighted by atomic mass is 10.2. The number of ether oxygens (including phenoxy) is 1. The van der Waals surface area contributed by atoms with Gasteiger partial charge < -0.3 is 15.4 Å². The van der Waals surface area contributed by atoms with E-state index < -0.39 is 0 Å². The highest BCUT2D eigenvalue weighted by Crippen LogP contribution is 2.13. The van der Waals surface area contributed by atoms with Crippen molar-refractivity contribution in [3.05, 3.63) is 48.0 Å². The molecule has 0 aliphatic heterocycles. The number of benzene rings is 1. The number of hydrogen-bond acceptors (Lipinski definition) is 3. The average Bonchev–Trinajstić information content (AvgIpc) is 3.01. The summed E-state index contributed by atoms with van der Waals surface area (Å²) in [5.74, 6) is 0.970. The zero-order valence-electron chi connectivity index (χ0n) is 16.1. The number of rotatable bonds is 9. The fourth-order valence-corrected chi connectivity index (χ4v) is 2.47. The summed E-state index contributed by atoms with van der Waals surface area (Å²) in [7, 11) is 1.92. The Kier molecular flexibility index (Phi) is 10.8. The van der Waals surface area contributed by atoms with Crippen LogP contribution in [0.5, 0.6) is 5.75 Å². The van der Waals surface area contributed by atoms with Crippen molar-refractivity contribution in [1.29, 1.82) is 0 Å². The highest BCUT2D eigenvalue weighted by molar-refractivity contribution is 14.0. The normalized spacial score (nSPS) is 12.2. The summed E-state index contributed by atoms with van der Waals surface area (Å²) < 4.78 is 20.7. The zero-order chi connectivity index (χ0) is 18.8. The number of aliphatic imine (C=N–C) groups is 1. The Morgan fingerprint density at radius 3 is 2.85 bits per heavy atom. The summed E-state index contributed by atoms with van der Waals surface area (Å²) >= 11 is 0. The Labute approximate surface area is 177 Å². The van der Waals surface area contributed by atoms with Gasteiger partial charge in [0.1, 0.15) is 17.7 Å². The van der Waals surface area contributed by atoms with Crippen LogP contribution >= 0.6 is 24.0 Å². The first-order valence-corrected chi connectivity index (χ1v) is 8.98. The van der Waals surface area contributed by atoms with Gasteiger partial charge in [-0.3, -0.25) is 4.68 Å². The molecule has 2 N–H and O–H groups in total. The molecule has 1 aromatic heterocycles. The van der Waals surface area contributed by atoms with Gasteiger partial charge in [-0.1, -0.05) is 6.07 Å². The van der Waals surface area contributed by atoms with Gasteiger partial charge in [0.15, 0.2) is 5.96 Å². The molecule has 0 bridgehead atoms. The maximum Gasteiger partial charge on any atom is 0.191 e. The van der Waals surface area contributed by atoms with Gasteiger partial charge in [-0.25, -0.2) is 9.38 Å². The first kappa shape index (κ1) is 23.2. The smallest absolute Gasteiger partial charge is 0.191 e. The maximum atomic E-state index is 13.2. The fourth-order valence-electron chi connectivity index (χ4n) is 2.47. The van der Waals surface area contributed by atoms with E-state index in [0.717, 1.165) is 31.9 Å². The lowest BCUT2D eigenvalue weighted by molar-refractivity contribution is 0.229. The number of guanidine groups is 1. The van der Waals surface area contributed by atoms with Gasteiger partial charge in [-0.15, -0.1) is 24.0 Å². The molecule has 2 rings (SSSR count). The van der Waals surface area contributed by atoms with Crippen LogP contribution in [-0.2, 0) is 13.5 Å². The minimum atomic E-state index is -0.304. The zero-order valence-corrected chi connectivity index (χ0v) is 18.4. The van der Waals surface area contributed by atoms with Crippen LogP contribution in [0, 0.1) is 5.82 Å². The van der Waals surface area contributed by atoms with Gasteiger partial charge in [0.25, 0.3) is 0 Å². The SMILES string of the molecule is CCNC(=NCC(C)Oc1cccc(F)c1)NCCCc1cnn(C)c1.I. The third kappa shape index (κ3) is 9.07. The topological polar surface area (TPSA) is 63.5 Å². The molecule has 1 aromatic carbocycles. The molecule has 1 heterocycles. The average molecular weight is 489 g/mol. The second-order valence-corrected chi connectivity index (χ2v) is 6.16. The van der Waals surface area contributed by atoms with E-state index in [1.165, 1.54) is 17.7 Å². The monoisotopic (exact) mass is 489 g/mol. The Hall–Kier alpha value is -1.84. The number of aromatic nitrogens is 2. The molecule has 150 valence electrons. The highest BCUT2D eigenvalue weighted by Gasteiger charge is 2.05. The van der Waals surface area contributed by atoms with Crippen molar-refractivity contribution in [2.24, 2.45) is 12.0 Å². The Morgan fingerprint density at radius 1 is 1.37 bits per heavy atom. The molecule has 2 aromatic rings. The predicted molar refractivity (Wildman–Crippen MR) is 117 cm³/mol. The molecule has 1 unspecified atom stereocenters. The van der Waals surface area contributed by atoms with Crippen molar-refractivity contribution >= 4 is 29.9 Å². The molecule has 0 aliphatic rings. The number of aryl methyl sites for hydroxylation is 2. The summed E-state index contributed by atoms with van der Waals surface area (Å²) in [4.78, 5) is 4.54. The van der Waals surface area contributed by atoms with Gasteiger partial charge >= 0.3 is 0 Å². The maximum absolute atomic E-state index is 13.2. The van der Waals surface area contributed by atoms with Crippen molar-refractivity contribution in [3.63, 3.8) is 0 Å². The molecule has 0 spiro atoms. The van der Waals surface area contributed by atoms with Crippen LogP contribution in [0.3, 0.4) is 0 Å². The molecule has 0 saturated carbocycles. The Bertz CT molecular complexity index is 707. The van der Waals surface area contributed by atoms with E-state index in [2.05, 4.69) is 20.7 Å². The fraction of sp³-hybridized carbons (Fsp3) is 0.474. The lowest BCUT2D eigenvalue weighted by Crippen LogP contribution is -2.38. The third-order valence-corrected chi connectivity index (χ3v) is 3.68. The summed E-state index contributed by atoms with van der Waals surface area (Å²) in [6.45, 7) is 6.03. The Balaban J connectivity index is 0.00000364. The van der Waals surface area contributed by atoms with E-state index in [1.54, 1.807) is 12.1 Å². The van der Waals surface area contributed by atoms with E-state index in [9.17, 15) is 4.39 Å². The van der Waals surface area contributed by atoms with E-state index >= 15 is 0 Å². The van der Waals surface area contributed by atoms with Gasteiger partial charge in [0.05, 0.1) is 12.7 Å². The second-order valence-electron chi connectivity index (χ2n) is 6.16. The van der Waals surface area contributed by atoms with Crippen molar-refractivity contribution in [1.82, 2.24) is 20.4 Å². The van der Waals surface area contributed by atoms with Crippen LogP contribution < -0.4 is 15.4 Å². The van der Waals surface area contributed by atoms with E-state index in [4.69, 9.17) is 4.74 Å². The minimum Gasteiger partial charge on any atom is -0.489 e. The summed E-state index contributed by atoms with van der Waals surface area (Å²) in [5, 5.41) is 10.7. The van der Waals surface area contributed by atoms with Crippen LogP contribution in [0.1, 0.15) is 25.8 Å². The van der Waals surface area contributed by atoms with Crippen LogP contribution in [0.4, 0.5) is 4.39 Å². The molecule has 6 nitrogen and oxygen atoms in total. The first-order valence-electron chi connectivity index (χ1n) is 8.98. The largest absolute Gasteiger partial charge is 0.489 e. The number of nitrogens with zero attached hydrogens (tertiary/aromatic N) is 3. The van der Waals surface area contributed by atoms with Crippen LogP contribution in [0.2, 0.25) is 0 Å². The molecule has 0 fully saturated rings. The second kappa shape index (κ2) is 12.5. The highest BCUT2D eigenvalue weighted by atomic mass is 127. The third-order valence-electron chi connectivity index (χ3n) is 3.68. The van der Waals surface area contributed by atoms with Crippen molar-refractivity contribution in [2.45, 2.75) is 32.8 Å². The Morgan fingerprint density at radius 2 is 2.19 bits per heavy atom. The molecule has 0 saturated heterocycles.